The van der Waals surface area contributed by atoms with Crippen molar-refractivity contribution in [3.8, 4) is 11.5 Å². The summed E-state index contributed by atoms with van der Waals surface area (Å²) in [6, 6.07) is 8.03. The smallest absolute Gasteiger partial charge is 0.273 e. The lowest BCUT2D eigenvalue weighted by atomic mass is 10.0. The Hall–Kier alpha value is -2.38. The summed E-state index contributed by atoms with van der Waals surface area (Å²) in [4.78, 5) is 20.8. The molecule has 0 bridgehead atoms. The molecule has 2 aromatic rings. The zero-order valence-corrected chi connectivity index (χ0v) is 22.3. The molecule has 0 spiro atoms. The van der Waals surface area contributed by atoms with E-state index in [0.29, 0.717) is 30.2 Å². The maximum atomic E-state index is 13.9. The lowest BCUT2D eigenvalue weighted by Crippen LogP contribution is -2.51. The Labute approximate surface area is 215 Å². The van der Waals surface area contributed by atoms with Gasteiger partial charge in [-0.25, -0.2) is 4.98 Å². The quantitative estimate of drug-likeness (QED) is 0.352. The Balaban J connectivity index is 1.70. The van der Waals surface area contributed by atoms with Gasteiger partial charge in [-0.1, -0.05) is 18.9 Å². The molecule has 2 heterocycles. The Kier molecular flexibility index (Phi) is 9.82. The minimum atomic E-state index is -0.0494. The van der Waals surface area contributed by atoms with Crippen molar-refractivity contribution in [1.29, 1.82) is 0 Å². The molecule has 0 unspecified atom stereocenters. The fraction of sp³-hybridized carbons (Fsp3) is 0.655. The number of carbonyl (C=O) groups is 1. The van der Waals surface area contributed by atoms with Gasteiger partial charge < -0.3 is 24.4 Å². The van der Waals surface area contributed by atoms with Gasteiger partial charge in [-0.2, -0.15) is 0 Å². The average Bonchev–Trinajstić information content (AvgIpc) is 3.16. The second kappa shape index (κ2) is 13.2. The second-order valence-corrected chi connectivity index (χ2v) is 10.4. The van der Waals surface area contributed by atoms with Crippen LogP contribution in [0.3, 0.4) is 0 Å². The summed E-state index contributed by atoms with van der Waals surface area (Å²) in [6.45, 7) is 7.11. The molecule has 1 amide bonds. The number of nitrogens with zero attached hydrogens (tertiary/aromatic N) is 2. The largest absolute Gasteiger partial charge is 0.493 e. The topological polar surface area (TPSA) is 72.9 Å². The molecule has 1 saturated heterocycles. The molecule has 1 aliphatic heterocycles. The molecule has 0 radical (unpaired) electrons. The molecule has 2 fully saturated rings. The summed E-state index contributed by atoms with van der Waals surface area (Å²) in [7, 11) is 1.69. The van der Waals surface area contributed by atoms with Crippen molar-refractivity contribution in [2.45, 2.75) is 89.8 Å². The first-order valence-electron chi connectivity index (χ1n) is 13.8. The summed E-state index contributed by atoms with van der Waals surface area (Å²) >= 11 is 0. The minimum Gasteiger partial charge on any atom is -0.493 e. The van der Waals surface area contributed by atoms with Crippen LogP contribution in [0.1, 0.15) is 82.1 Å². The van der Waals surface area contributed by atoms with Crippen LogP contribution < -0.4 is 14.8 Å². The zero-order valence-electron chi connectivity index (χ0n) is 22.3. The van der Waals surface area contributed by atoms with Crippen LogP contribution in [0.2, 0.25) is 0 Å². The number of fused-ring (bicyclic) bond motifs is 1. The highest BCUT2D eigenvalue weighted by Gasteiger charge is 2.30. The van der Waals surface area contributed by atoms with E-state index in [9.17, 15) is 4.79 Å². The SMILES string of the molecule is COCCCOc1cc(C(=O)N(C(C)C)[C@@H]2CCCNC2)nc2c(OC3CCCCCC3)cccc12. The first kappa shape index (κ1) is 26.7. The Morgan fingerprint density at radius 1 is 1.08 bits per heavy atom. The summed E-state index contributed by atoms with van der Waals surface area (Å²) in [6.07, 6.45) is 10.1. The highest BCUT2D eigenvalue weighted by Crippen LogP contribution is 2.34. The van der Waals surface area contributed by atoms with Crippen molar-refractivity contribution in [2.75, 3.05) is 33.4 Å². The molecule has 1 aromatic heterocycles. The van der Waals surface area contributed by atoms with Crippen LogP contribution in [0.25, 0.3) is 10.9 Å². The predicted molar refractivity (Wildman–Crippen MR) is 143 cm³/mol. The molecule has 36 heavy (non-hydrogen) atoms. The number of benzene rings is 1. The van der Waals surface area contributed by atoms with E-state index in [-0.39, 0.29) is 24.1 Å². The van der Waals surface area contributed by atoms with Crippen LogP contribution >= 0.6 is 0 Å². The van der Waals surface area contributed by atoms with Crippen LogP contribution in [0.5, 0.6) is 11.5 Å². The molecular weight excluding hydrogens is 454 g/mol. The van der Waals surface area contributed by atoms with Crippen LogP contribution in [-0.4, -0.2) is 67.4 Å². The molecule has 198 valence electrons. The van der Waals surface area contributed by atoms with Gasteiger partial charge in [-0.05, 0) is 71.0 Å². The van der Waals surface area contributed by atoms with Crippen molar-refractivity contribution in [3.63, 3.8) is 0 Å². The van der Waals surface area contributed by atoms with Crippen molar-refractivity contribution < 1.29 is 19.0 Å². The van der Waals surface area contributed by atoms with Crippen LogP contribution in [0.15, 0.2) is 24.3 Å². The summed E-state index contributed by atoms with van der Waals surface area (Å²) in [5, 5.41) is 4.33. The fourth-order valence-corrected chi connectivity index (χ4v) is 5.47. The van der Waals surface area contributed by atoms with E-state index in [1.165, 1.54) is 25.7 Å². The molecular formula is C29H43N3O4. The number of nitrogens with one attached hydrogen (secondary N) is 1. The molecule has 1 aromatic carbocycles. The number of pyridine rings is 1. The normalized spacial score (nSPS) is 19.3. The Morgan fingerprint density at radius 2 is 1.89 bits per heavy atom. The predicted octanol–water partition coefficient (Wildman–Crippen LogP) is 5.35. The standard InChI is InChI=1S/C29H43N3O4/c1-21(2)32(22-11-9-16-30-20-22)29(33)25-19-27(35-18-10-17-34-3)24-14-8-15-26(28(24)31-25)36-23-12-6-4-5-7-13-23/h8,14-15,19,21-23,30H,4-7,9-13,16-18,20H2,1-3H3/t22-/m1/s1. The van der Waals surface area contributed by atoms with E-state index in [0.717, 1.165) is 56.3 Å². The average molecular weight is 498 g/mol. The zero-order chi connectivity index (χ0) is 25.3. The van der Waals surface area contributed by atoms with Gasteiger partial charge in [0.1, 0.15) is 22.7 Å². The first-order valence-corrected chi connectivity index (χ1v) is 13.8. The number of rotatable bonds is 10. The van der Waals surface area contributed by atoms with Crippen molar-refractivity contribution in [3.05, 3.63) is 30.0 Å². The lowest BCUT2D eigenvalue weighted by molar-refractivity contribution is 0.0567. The number of ether oxygens (including phenoxy) is 3. The molecule has 1 saturated carbocycles. The fourth-order valence-electron chi connectivity index (χ4n) is 5.47. The van der Waals surface area contributed by atoms with Gasteiger partial charge in [-0.15, -0.1) is 0 Å². The summed E-state index contributed by atoms with van der Waals surface area (Å²) < 4.78 is 17.9. The Bertz CT molecular complexity index is 982. The molecule has 1 atom stereocenters. The van der Waals surface area contributed by atoms with Gasteiger partial charge >= 0.3 is 0 Å². The van der Waals surface area contributed by atoms with E-state index >= 15 is 0 Å². The number of para-hydroxylation sites is 1. The third-order valence-corrected chi connectivity index (χ3v) is 7.28. The van der Waals surface area contributed by atoms with E-state index < -0.39 is 0 Å². The minimum absolute atomic E-state index is 0.0494. The van der Waals surface area contributed by atoms with Gasteiger partial charge in [-0.3, -0.25) is 4.79 Å². The number of hydrogen-bond acceptors (Lipinski definition) is 6. The lowest BCUT2D eigenvalue weighted by Gasteiger charge is -2.37. The van der Waals surface area contributed by atoms with Gasteiger partial charge in [0.15, 0.2) is 0 Å². The van der Waals surface area contributed by atoms with Gasteiger partial charge in [0.05, 0.1) is 12.7 Å². The van der Waals surface area contributed by atoms with E-state index in [1.807, 2.05) is 29.2 Å². The molecule has 7 nitrogen and oxygen atoms in total. The van der Waals surface area contributed by atoms with Gasteiger partial charge in [0.2, 0.25) is 0 Å². The summed E-state index contributed by atoms with van der Waals surface area (Å²) in [5.41, 5.74) is 1.13. The third kappa shape index (κ3) is 6.68. The van der Waals surface area contributed by atoms with Gasteiger partial charge in [0, 0.05) is 50.2 Å². The number of carbonyl (C=O) groups excluding carboxylic acids is 1. The maximum Gasteiger partial charge on any atom is 0.273 e. The third-order valence-electron chi connectivity index (χ3n) is 7.28. The summed E-state index contributed by atoms with van der Waals surface area (Å²) in [5.74, 6) is 1.37. The van der Waals surface area contributed by atoms with Crippen molar-refractivity contribution in [2.24, 2.45) is 0 Å². The number of hydrogen-bond donors (Lipinski definition) is 1. The number of aromatic nitrogens is 1. The molecule has 4 rings (SSSR count). The number of amides is 1. The maximum absolute atomic E-state index is 13.9. The van der Waals surface area contributed by atoms with Crippen LogP contribution in [-0.2, 0) is 4.74 Å². The Morgan fingerprint density at radius 3 is 2.58 bits per heavy atom. The monoisotopic (exact) mass is 497 g/mol. The molecule has 1 N–H and O–H groups in total. The van der Waals surface area contributed by atoms with E-state index in [1.54, 1.807) is 7.11 Å². The molecule has 7 heteroatoms. The van der Waals surface area contributed by atoms with Crippen molar-refractivity contribution in [1.82, 2.24) is 15.2 Å². The van der Waals surface area contributed by atoms with Crippen LogP contribution in [0.4, 0.5) is 0 Å². The van der Waals surface area contributed by atoms with Crippen molar-refractivity contribution >= 4 is 16.8 Å². The highest BCUT2D eigenvalue weighted by molar-refractivity contribution is 5.98. The number of piperidine rings is 1. The van der Waals surface area contributed by atoms with Gasteiger partial charge in [0.25, 0.3) is 5.91 Å². The molecule has 2 aliphatic rings. The second-order valence-electron chi connectivity index (χ2n) is 10.4. The van der Waals surface area contributed by atoms with E-state index in [2.05, 4.69) is 19.2 Å². The van der Waals surface area contributed by atoms with E-state index in [4.69, 9.17) is 19.2 Å². The number of methoxy groups -OCH3 is 1. The first-order chi connectivity index (χ1) is 17.6. The molecule has 1 aliphatic carbocycles. The van der Waals surface area contributed by atoms with Crippen LogP contribution in [0, 0.1) is 0 Å². The highest BCUT2D eigenvalue weighted by atomic mass is 16.5.